The van der Waals surface area contributed by atoms with Gasteiger partial charge in [-0.3, -0.25) is 0 Å². The molecule has 2 N–H and O–H groups in total. The second kappa shape index (κ2) is 8.25. The summed E-state index contributed by atoms with van der Waals surface area (Å²) < 4.78 is 27.2. The Bertz CT molecular complexity index is 756. The van der Waals surface area contributed by atoms with Crippen molar-refractivity contribution in [2.24, 2.45) is 11.8 Å². The molecule has 0 amide bonds. The van der Waals surface area contributed by atoms with Crippen LogP contribution >= 0.6 is 11.6 Å². The first-order valence-electron chi connectivity index (χ1n) is 8.50. The van der Waals surface area contributed by atoms with Gasteiger partial charge in [-0.1, -0.05) is 29.7 Å². The predicted molar refractivity (Wildman–Crippen MR) is 94.6 cm³/mol. The fourth-order valence-electron chi connectivity index (χ4n) is 3.35. The van der Waals surface area contributed by atoms with Crippen LogP contribution in [0.4, 0.5) is 0 Å². The van der Waals surface area contributed by atoms with Gasteiger partial charge in [-0.25, -0.2) is 13.1 Å². The normalized spacial score (nSPS) is 21.3. The van der Waals surface area contributed by atoms with E-state index in [1.54, 1.807) is 12.1 Å². The topological polar surface area (TPSA) is 101 Å². The quantitative estimate of drug-likeness (QED) is 0.765. The van der Waals surface area contributed by atoms with E-state index in [9.17, 15) is 8.42 Å². The lowest BCUT2D eigenvalue weighted by molar-refractivity contribution is 0.261. The SMILES string of the molecule is O=S(=O)(NCCC1CCC(Cc2nn[nH]n2)CC1)c1ccc(Cl)cc1. The van der Waals surface area contributed by atoms with Gasteiger partial charge in [0.15, 0.2) is 5.82 Å². The zero-order valence-corrected chi connectivity index (χ0v) is 15.4. The Morgan fingerprint density at radius 1 is 1.12 bits per heavy atom. The highest BCUT2D eigenvalue weighted by Gasteiger charge is 2.23. The van der Waals surface area contributed by atoms with Gasteiger partial charge in [0.1, 0.15) is 0 Å². The second-order valence-electron chi connectivity index (χ2n) is 6.56. The second-order valence-corrected chi connectivity index (χ2v) is 8.76. The van der Waals surface area contributed by atoms with Crippen LogP contribution in [0.3, 0.4) is 0 Å². The van der Waals surface area contributed by atoms with Gasteiger partial charge >= 0.3 is 0 Å². The van der Waals surface area contributed by atoms with Crippen molar-refractivity contribution in [3.8, 4) is 0 Å². The molecule has 0 aliphatic heterocycles. The third-order valence-corrected chi connectivity index (χ3v) is 6.52. The molecule has 9 heteroatoms. The van der Waals surface area contributed by atoms with Gasteiger partial charge in [-0.15, -0.1) is 10.2 Å². The van der Waals surface area contributed by atoms with Gasteiger partial charge in [-0.2, -0.15) is 5.21 Å². The largest absolute Gasteiger partial charge is 0.240 e. The molecule has 1 aliphatic rings. The first kappa shape index (κ1) is 18.3. The monoisotopic (exact) mass is 383 g/mol. The number of nitrogens with zero attached hydrogens (tertiary/aromatic N) is 3. The van der Waals surface area contributed by atoms with Crippen molar-refractivity contribution in [3.05, 3.63) is 35.1 Å². The van der Waals surface area contributed by atoms with Crippen molar-refractivity contribution in [2.45, 2.75) is 43.4 Å². The van der Waals surface area contributed by atoms with Gasteiger partial charge in [0.2, 0.25) is 10.0 Å². The molecule has 2 aromatic rings. The number of aromatic amines is 1. The molecule has 0 unspecified atom stereocenters. The Kier molecular flexibility index (Phi) is 6.03. The van der Waals surface area contributed by atoms with Crippen molar-refractivity contribution in [2.75, 3.05) is 6.54 Å². The van der Waals surface area contributed by atoms with Crippen LogP contribution in [0.25, 0.3) is 0 Å². The van der Waals surface area contributed by atoms with E-state index in [4.69, 9.17) is 11.6 Å². The smallest absolute Gasteiger partial charge is 0.211 e. The van der Waals surface area contributed by atoms with Gasteiger partial charge < -0.3 is 0 Å². The number of H-pyrrole nitrogens is 1. The lowest BCUT2D eigenvalue weighted by atomic mass is 9.79. The van der Waals surface area contributed by atoms with Gasteiger partial charge in [-0.05, 0) is 55.4 Å². The van der Waals surface area contributed by atoms with E-state index in [0.29, 0.717) is 23.4 Å². The van der Waals surface area contributed by atoms with Crippen molar-refractivity contribution in [1.29, 1.82) is 0 Å². The maximum atomic E-state index is 12.2. The summed E-state index contributed by atoms with van der Waals surface area (Å²) in [5.74, 6) is 1.94. The molecular weight excluding hydrogens is 362 g/mol. The number of hydrogen-bond acceptors (Lipinski definition) is 5. The van der Waals surface area contributed by atoms with Gasteiger partial charge in [0, 0.05) is 18.0 Å². The Balaban J connectivity index is 1.40. The fourth-order valence-corrected chi connectivity index (χ4v) is 4.52. The van der Waals surface area contributed by atoms with E-state index in [0.717, 1.165) is 44.3 Å². The number of rotatable bonds is 7. The average molecular weight is 384 g/mol. The number of aromatic nitrogens is 4. The van der Waals surface area contributed by atoms with Crippen LogP contribution in [0.5, 0.6) is 0 Å². The first-order chi connectivity index (χ1) is 12.0. The molecular formula is C16H22ClN5O2S. The predicted octanol–water partition coefficient (Wildman–Crippen LogP) is 2.57. The molecule has 1 aromatic carbocycles. The lowest BCUT2D eigenvalue weighted by Gasteiger charge is -2.27. The zero-order chi connectivity index (χ0) is 17.7. The molecule has 1 heterocycles. The van der Waals surface area contributed by atoms with E-state index >= 15 is 0 Å². The summed E-state index contributed by atoms with van der Waals surface area (Å²) >= 11 is 5.80. The number of sulfonamides is 1. The van der Waals surface area contributed by atoms with Crippen LogP contribution in [-0.2, 0) is 16.4 Å². The van der Waals surface area contributed by atoms with Crippen molar-refractivity contribution >= 4 is 21.6 Å². The fraction of sp³-hybridized carbons (Fsp3) is 0.562. The molecule has 0 atom stereocenters. The molecule has 1 saturated carbocycles. The Hall–Kier alpha value is -1.51. The van der Waals surface area contributed by atoms with Crippen LogP contribution in [0, 0.1) is 11.8 Å². The van der Waals surface area contributed by atoms with Crippen molar-refractivity contribution in [3.63, 3.8) is 0 Å². The van der Waals surface area contributed by atoms with E-state index < -0.39 is 10.0 Å². The standard InChI is InChI=1S/C16H22ClN5O2S/c17-14-5-7-15(8-6-14)25(23,24)18-10-9-12-1-3-13(4-2-12)11-16-19-21-22-20-16/h5-8,12-13,18H,1-4,9-11H2,(H,19,20,21,22). The Morgan fingerprint density at radius 3 is 2.44 bits per heavy atom. The highest BCUT2D eigenvalue weighted by molar-refractivity contribution is 7.89. The van der Waals surface area contributed by atoms with E-state index in [2.05, 4.69) is 25.3 Å². The molecule has 0 saturated heterocycles. The number of tetrazole rings is 1. The molecule has 1 fully saturated rings. The van der Waals surface area contributed by atoms with E-state index in [1.807, 2.05) is 0 Å². The zero-order valence-electron chi connectivity index (χ0n) is 13.9. The molecule has 0 radical (unpaired) electrons. The highest BCUT2D eigenvalue weighted by atomic mass is 35.5. The number of benzene rings is 1. The maximum Gasteiger partial charge on any atom is 0.240 e. The third kappa shape index (κ3) is 5.23. The summed E-state index contributed by atoms with van der Waals surface area (Å²) in [4.78, 5) is 0.251. The molecule has 1 aliphatic carbocycles. The highest BCUT2D eigenvalue weighted by Crippen LogP contribution is 2.32. The third-order valence-electron chi connectivity index (χ3n) is 4.80. The Morgan fingerprint density at radius 2 is 1.80 bits per heavy atom. The van der Waals surface area contributed by atoms with Crippen LogP contribution in [0.2, 0.25) is 5.02 Å². The molecule has 0 bridgehead atoms. The van der Waals surface area contributed by atoms with Crippen molar-refractivity contribution in [1.82, 2.24) is 25.3 Å². The summed E-state index contributed by atoms with van der Waals surface area (Å²) in [6, 6.07) is 6.21. The minimum atomic E-state index is -3.46. The molecule has 3 rings (SSSR count). The van der Waals surface area contributed by atoms with Crippen LogP contribution in [0.1, 0.15) is 37.9 Å². The van der Waals surface area contributed by atoms with E-state index in [-0.39, 0.29) is 4.90 Å². The summed E-state index contributed by atoms with van der Waals surface area (Å²) in [5.41, 5.74) is 0. The first-order valence-corrected chi connectivity index (χ1v) is 10.4. The lowest BCUT2D eigenvalue weighted by Crippen LogP contribution is -2.27. The molecule has 25 heavy (non-hydrogen) atoms. The van der Waals surface area contributed by atoms with Crippen LogP contribution < -0.4 is 4.72 Å². The van der Waals surface area contributed by atoms with Gasteiger partial charge in [0.05, 0.1) is 4.90 Å². The van der Waals surface area contributed by atoms with Gasteiger partial charge in [0.25, 0.3) is 0 Å². The maximum absolute atomic E-state index is 12.2. The summed E-state index contributed by atoms with van der Waals surface area (Å²) in [6.07, 6.45) is 6.22. The minimum absolute atomic E-state index is 0.251. The molecule has 1 aromatic heterocycles. The molecule has 0 spiro atoms. The minimum Gasteiger partial charge on any atom is -0.211 e. The number of hydrogen-bond donors (Lipinski definition) is 2. The molecule has 136 valence electrons. The van der Waals surface area contributed by atoms with Crippen LogP contribution in [0.15, 0.2) is 29.2 Å². The summed E-state index contributed by atoms with van der Waals surface area (Å²) in [6.45, 7) is 0.463. The van der Waals surface area contributed by atoms with Crippen molar-refractivity contribution < 1.29 is 8.42 Å². The molecule has 7 nitrogen and oxygen atoms in total. The number of nitrogens with one attached hydrogen (secondary N) is 2. The van der Waals surface area contributed by atoms with E-state index in [1.165, 1.54) is 12.1 Å². The average Bonchev–Trinajstić information content (AvgIpc) is 3.10. The Labute approximate surface area is 152 Å². The number of halogens is 1. The summed E-state index contributed by atoms with van der Waals surface area (Å²) in [7, 11) is -3.46. The summed E-state index contributed by atoms with van der Waals surface area (Å²) in [5, 5.41) is 14.6. The van der Waals surface area contributed by atoms with Crippen LogP contribution in [-0.4, -0.2) is 35.6 Å².